The molecule has 0 radical (unpaired) electrons. The van der Waals surface area contributed by atoms with Gasteiger partial charge in [-0.15, -0.1) is 11.3 Å². The minimum Gasteiger partial charge on any atom is -0.308 e. The van der Waals surface area contributed by atoms with Crippen LogP contribution in [0, 0.1) is 0 Å². The molecule has 4 heteroatoms. The van der Waals surface area contributed by atoms with Crippen LogP contribution in [0.25, 0.3) is 80.0 Å². The quantitative estimate of drug-likeness (QED) is 0.125. The van der Waals surface area contributed by atoms with Gasteiger partial charge in [-0.25, -0.2) is 4.99 Å². The summed E-state index contributed by atoms with van der Waals surface area (Å²) in [7, 11) is 0. The van der Waals surface area contributed by atoms with E-state index < -0.39 is 0 Å². The summed E-state index contributed by atoms with van der Waals surface area (Å²) in [6.45, 7) is 2.61. The van der Waals surface area contributed by atoms with E-state index in [1.165, 1.54) is 74.3 Å². The third-order valence-corrected chi connectivity index (χ3v) is 12.4. The molecule has 0 unspecified atom stereocenters. The van der Waals surface area contributed by atoms with Gasteiger partial charge in [-0.2, -0.15) is 0 Å². The normalized spacial score (nSPS) is 12.7. The lowest BCUT2D eigenvalue weighted by Crippen LogP contribution is -2.06. The van der Waals surface area contributed by atoms with Gasteiger partial charge in [0.05, 0.1) is 23.3 Å². The predicted octanol–water partition coefficient (Wildman–Crippen LogP) is 14.1. The van der Waals surface area contributed by atoms with Crippen LogP contribution in [0.5, 0.6) is 0 Å². The van der Waals surface area contributed by atoms with Gasteiger partial charge in [-0.05, 0) is 80.7 Å². The molecular formula is C52H35N3S. The number of aliphatic imine (C=N–C) groups is 2. The van der Waals surface area contributed by atoms with Crippen molar-refractivity contribution < 1.29 is 0 Å². The summed E-state index contributed by atoms with van der Waals surface area (Å²) in [5.41, 5.74) is 7.63. The number of benzene rings is 9. The maximum atomic E-state index is 5.33. The van der Waals surface area contributed by atoms with Gasteiger partial charge in [-0.3, -0.25) is 4.99 Å². The molecular weight excluding hydrogens is 699 g/mol. The van der Waals surface area contributed by atoms with Crippen LogP contribution in [0.3, 0.4) is 0 Å². The molecule has 2 aromatic heterocycles. The van der Waals surface area contributed by atoms with E-state index in [1.54, 1.807) is 0 Å². The maximum absolute atomic E-state index is 5.33. The fourth-order valence-electron chi connectivity index (χ4n) is 8.49. The number of rotatable bonds is 5. The third kappa shape index (κ3) is 5.33. The Balaban J connectivity index is 1.28. The van der Waals surface area contributed by atoms with Crippen molar-refractivity contribution in [2.45, 2.75) is 13.5 Å². The van der Waals surface area contributed by atoms with Crippen LogP contribution in [-0.4, -0.2) is 16.1 Å². The molecule has 0 amide bonds. The zero-order valence-electron chi connectivity index (χ0n) is 30.8. The summed E-state index contributed by atoms with van der Waals surface area (Å²) in [5.74, 6) is 0.720. The zero-order chi connectivity index (χ0) is 37.2. The first kappa shape index (κ1) is 32.5. The topological polar surface area (TPSA) is 29.6 Å². The molecule has 56 heavy (non-hydrogen) atoms. The fraction of sp³-hybridized carbons (Fsp3) is 0.0385. The molecule has 3 nitrogen and oxygen atoms in total. The standard InChI is InChI=1S/C52H35N3S/c1-33(35-16-6-3-7-17-35)54-52(53-32-34-14-4-2-5-15-34)40-30-47(50-43-26-24-37-19-11-13-23-42(37)51(43)56-48(50)31-40)55-45-27-25-36-18-10-12-22-41(36)49(45)44-28-38-20-8-9-21-39(38)29-46(44)55/h2-31H,32H2,1H3/b53-52-,54-33+. The van der Waals surface area contributed by atoms with Crippen LogP contribution >= 0.6 is 11.3 Å². The molecule has 0 atom stereocenters. The molecule has 0 aliphatic carbocycles. The first-order valence-corrected chi connectivity index (χ1v) is 19.9. The monoisotopic (exact) mass is 733 g/mol. The van der Waals surface area contributed by atoms with Crippen molar-refractivity contribution in [2.24, 2.45) is 9.98 Å². The highest BCUT2D eigenvalue weighted by Gasteiger charge is 2.22. The highest BCUT2D eigenvalue weighted by atomic mass is 32.1. The second-order valence-electron chi connectivity index (χ2n) is 14.6. The largest absolute Gasteiger partial charge is 0.308 e. The van der Waals surface area contributed by atoms with Crippen LogP contribution in [0.1, 0.15) is 23.6 Å². The Morgan fingerprint density at radius 1 is 0.500 bits per heavy atom. The molecule has 264 valence electrons. The van der Waals surface area contributed by atoms with Crippen molar-refractivity contribution in [1.82, 2.24) is 4.57 Å². The molecule has 9 aromatic carbocycles. The lowest BCUT2D eigenvalue weighted by molar-refractivity contribution is 1.06. The molecule has 0 saturated carbocycles. The van der Waals surface area contributed by atoms with Crippen molar-refractivity contribution in [3.05, 3.63) is 199 Å². The Labute approximate surface area is 328 Å². The highest BCUT2D eigenvalue weighted by Crippen LogP contribution is 2.45. The highest BCUT2D eigenvalue weighted by molar-refractivity contribution is 7.26. The molecule has 11 aromatic rings. The molecule has 0 fully saturated rings. The average molecular weight is 734 g/mol. The van der Waals surface area contributed by atoms with Gasteiger partial charge in [0, 0.05) is 42.2 Å². The Morgan fingerprint density at radius 3 is 1.93 bits per heavy atom. The lowest BCUT2D eigenvalue weighted by atomic mass is 10.0. The van der Waals surface area contributed by atoms with E-state index in [0.717, 1.165) is 33.9 Å². The minimum absolute atomic E-state index is 0.527. The molecule has 0 aliphatic rings. The van der Waals surface area contributed by atoms with Crippen molar-refractivity contribution in [3.63, 3.8) is 0 Å². The van der Waals surface area contributed by atoms with E-state index in [1.807, 2.05) is 17.4 Å². The molecule has 0 bridgehead atoms. The Kier molecular flexibility index (Phi) is 7.64. The number of fused-ring (bicyclic) bond motifs is 11. The second-order valence-corrected chi connectivity index (χ2v) is 15.6. The summed E-state index contributed by atoms with van der Waals surface area (Å²) in [5, 5.41) is 12.5. The number of nitrogens with zero attached hydrogens (tertiary/aromatic N) is 3. The van der Waals surface area contributed by atoms with E-state index in [9.17, 15) is 0 Å². The maximum Gasteiger partial charge on any atom is 0.155 e. The lowest BCUT2D eigenvalue weighted by Gasteiger charge is -2.14. The first-order chi connectivity index (χ1) is 27.7. The van der Waals surface area contributed by atoms with Crippen LogP contribution in [0.2, 0.25) is 0 Å². The molecule has 11 rings (SSSR count). The fourth-order valence-corrected chi connectivity index (χ4v) is 9.79. The van der Waals surface area contributed by atoms with Gasteiger partial charge >= 0.3 is 0 Å². The molecule has 0 spiro atoms. The summed E-state index contributed by atoms with van der Waals surface area (Å²) < 4.78 is 5.01. The number of hydrogen-bond donors (Lipinski definition) is 0. The minimum atomic E-state index is 0.527. The zero-order valence-corrected chi connectivity index (χ0v) is 31.6. The third-order valence-electron chi connectivity index (χ3n) is 11.2. The van der Waals surface area contributed by atoms with E-state index in [2.05, 4.69) is 187 Å². The molecule has 0 N–H and O–H groups in total. The van der Waals surface area contributed by atoms with Gasteiger partial charge < -0.3 is 4.57 Å². The van der Waals surface area contributed by atoms with Gasteiger partial charge in [0.1, 0.15) is 0 Å². The van der Waals surface area contributed by atoms with Gasteiger partial charge in [0.2, 0.25) is 0 Å². The number of aromatic nitrogens is 1. The van der Waals surface area contributed by atoms with E-state index in [4.69, 9.17) is 9.98 Å². The van der Waals surface area contributed by atoms with Crippen LogP contribution in [0.15, 0.2) is 192 Å². The summed E-state index contributed by atoms with van der Waals surface area (Å²) in [4.78, 5) is 10.6. The van der Waals surface area contributed by atoms with Crippen molar-refractivity contribution in [1.29, 1.82) is 0 Å². The first-order valence-electron chi connectivity index (χ1n) is 19.1. The van der Waals surface area contributed by atoms with E-state index >= 15 is 0 Å². The van der Waals surface area contributed by atoms with E-state index in [0.29, 0.717) is 6.54 Å². The summed E-state index contributed by atoms with van der Waals surface area (Å²) >= 11 is 1.86. The van der Waals surface area contributed by atoms with Crippen LogP contribution in [0.4, 0.5) is 0 Å². The van der Waals surface area contributed by atoms with Crippen molar-refractivity contribution in [3.8, 4) is 5.69 Å². The molecule has 2 heterocycles. The summed E-state index contributed by atoms with van der Waals surface area (Å²) in [6.07, 6.45) is 0. The number of thiophene rings is 1. The average Bonchev–Trinajstić information content (AvgIpc) is 3.80. The van der Waals surface area contributed by atoms with Gasteiger partial charge in [0.15, 0.2) is 5.84 Å². The summed E-state index contributed by atoms with van der Waals surface area (Å²) in [6, 6.07) is 65.7. The Morgan fingerprint density at radius 2 is 1.14 bits per heavy atom. The van der Waals surface area contributed by atoms with E-state index in [-0.39, 0.29) is 0 Å². The van der Waals surface area contributed by atoms with Crippen molar-refractivity contribution >= 4 is 97.2 Å². The van der Waals surface area contributed by atoms with Gasteiger partial charge in [0.25, 0.3) is 0 Å². The number of amidine groups is 1. The smallest absolute Gasteiger partial charge is 0.155 e. The van der Waals surface area contributed by atoms with Crippen LogP contribution < -0.4 is 0 Å². The number of hydrogen-bond acceptors (Lipinski definition) is 2. The SMILES string of the molecule is C/C(=N\C(=N/Cc1ccccc1)c1cc(-n2c3cc4ccccc4cc3c3c4ccccc4ccc32)c2c(c1)sc1c3ccccc3ccc12)c1ccccc1. The Hall–Kier alpha value is -6.88. The van der Waals surface area contributed by atoms with Crippen molar-refractivity contribution in [2.75, 3.05) is 0 Å². The Bertz CT molecular complexity index is 3390. The predicted molar refractivity (Wildman–Crippen MR) is 242 cm³/mol. The van der Waals surface area contributed by atoms with Crippen LogP contribution in [-0.2, 0) is 6.54 Å². The molecule has 0 saturated heterocycles. The second kappa shape index (κ2) is 13.2. The molecule has 0 aliphatic heterocycles. The van der Waals surface area contributed by atoms with Gasteiger partial charge in [-0.1, -0.05) is 152 Å².